The summed E-state index contributed by atoms with van der Waals surface area (Å²) in [7, 11) is 1.45. The molecule has 0 unspecified atom stereocenters. The van der Waals surface area contributed by atoms with E-state index in [9.17, 15) is 23.1 Å². The molecule has 32 heavy (non-hydrogen) atoms. The molecule has 0 fully saturated rings. The molecule has 0 bridgehead atoms. The fourth-order valence-corrected chi connectivity index (χ4v) is 3.41. The zero-order valence-electron chi connectivity index (χ0n) is 17.0. The van der Waals surface area contributed by atoms with Crippen LogP contribution >= 0.6 is 0 Å². The van der Waals surface area contributed by atoms with E-state index in [1.165, 1.54) is 31.4 Å². The number of hydrazine groups is 1. The van der Waals surface area contributed by atoms with Gasteiger partial charge in [-0.1, -0.05) is 18.2 Å². The zero-order chi connectivity index (χ0) is 23.0. The van der Waals surface area contributed by atoms with E-state index in [0.717, 1.165) is 10.7 Å². The molecular weight excluding hydrogens is 425 g/mol. The van der Waals surface area contributed by atoms with Crippen molar-refractivity contribution in [3.8, 4) is 5.88 Å². The summed E-state index contributed by atoms with van der Waals surface area (Å²) in [6.45, 7) is 1.60. The lowest BCUT2D eigenvalue weighted by molar-refractivity contribution is -0.275. The molecule has 0 aliphatic carbocycles. The maximum Gasteiger partial charge on any atom is 0.292 e. The smallest absolute Gasteiger partial charge is 0.292 e. The van der Waals surface area contributed by atoms with Gasteiger partial charge in [-0.3, -0.25) is 15.2 Å². The van der Waals surface area contributed by atoms with E-state index in [4.69, 9.17) is 0 Å². The average molecular weight is 443 g/mol. The van der Waals surface area contributed by atoms with Gasteiger partial charge in [-0.2, -0.15) is 5.10 Å². The van der Waals surface area contributed by atoms with Crippen LogP contribution in [0.15, 0.2) is 41.3 Å². The second kappa shape index (κ2) is 8.25. The third-order valence-electron chi connectivity index (χ3n) is 5.05. The van der Waals surface area contributed by atoms with Gasteiger partial charge in [0.05, 0.1) is 22.9 Å². The number of benzene rings is 1. The van der Waals surface area contributed by atoms with Crippen LogP contribution in [0.1, 0.15) is 41.6 Å². The van der Waals surface area contributed by atoms with Crippen LogP contribution in [0, 0.1) is 5.82 Å². The molecule has 0 spiro atoms. The Morgan fingerprint density at radius 1 is 1.19 bits per heavy atom. The minimum Gasteiger partial charge on any atom is -0.859 e. The van der Waals surface area contributed by atoms with Crippen molar-refractivity contribution in [1.82, 2.24) is 20.2 Å². The molecule has 1 atom stereocenters. The topological polar surface area (TPSA) is 107 Å². The van der Waals surface area contributed by atoms with Crippen LogP contribution in [0.5, 0.6) is 5.88 Å². The second-order valence-electron chi connectivity index (χ2n) is 7.17. The maximum absolute atomic E-state index is 14.6. The number of hydrogen-bond donors (Lipinski definition) is 3. The van der Waals surface area contributed by atoms with Gasteiger partial charge in [0.15, 0.2) is 5.82 Å². The third-order valence-corrected chi connectivity index (χ3v) is 5.05. The molecule has 1 aliphatic rings. The van der Waals surface area contributed by atoms with Crippen molar-refractivity contribution >= 4 is 23.3 Å². The van der Waals surface area contributed by atoms with Gasteiger partial charge in [0.25, 0.3) is 12.0 Å². The normalized spacial score (nSPS) is 13.6. The van der Waals surface area contributed by atoms with Gasteiger partial charge in [-0.05, 0) is 31.0 Å². The van der Waals surface area contributed by atoms with E-state index in [-0.39, 0.29) is 17.1 Å². The molecule has 4 rings (SSSR count). The standard InChI is InChI=1S/C21H19F3N6O2/c1-10(12-4-3-5-13(17(12)22)19(23)24)26-20-14-9-15(11-6-7-25-16(31)8-11)27-28-18(14)21(32)30(2)29-20/h3-10,19,27-28H,1-2H3,(H,25,31)(H,26,29)/p-1/t10-/m1/s1. The van der Waals surface area contributed by atoms with E-state index in [2.05, 4.69) is 26.3 Å². The van der Waals surface area contributed by atoms with Gasteiger partial charge in [-0.25, -0.2) is 17.9 Å². The van der Waals surface area contributed by atoms with E-state index in [0.29, 0.717) is 16.8 Å². The zero-order valence-corrected chi connectivity index (χ0v) is 17.0. The number of aromatic nitrogens is 3. The van der Waals surface area contributed by atoms with Crippen LogP contribution in [0.4, 0.5) is 24.7 Å². The number of aryl methyl sites for hydroxylation is 1. The monoisotopic (exact) mass is 443 g/mol. The first-order valence-electron chi connectivity index (χ1n) is 9.57. The largest absolute Gasteiger partial charge is 0.859 e. The Kier molecular flexibility index (Phi) is 5.47. The van der Waals surface area contributed by atoms with E-state index in [1.807, 2.05) is 0 Å². The van der Waals surface area contributed by atoms with Crippen LogP contribution in [-0.2, 0) is 7.05 Å². The fourth-order valence-electron chi connectivity index (χ4n) is 3.41. The first kappa shape index (κ1) is 21.2. The van der Waals surface area contributed by atoms with Gasteiger partial charge >= 0.3 is 0 Å². The first-order valence-corrected chi connectivity index (χ1v) is 9.57. The van der Waals surface area contributed by atoms with Gasteiger partial charge in [0.2, 0.25) is 0 Å². The lowest BCUT2D eigenvalue weighted by Gasteiger charge is -2.25. The van der Waals surface area contributed by atoms with Crippen molar-refractivity contribution < 1.29 is 18.3 Å². The molecule has 3 N–H and O–H groups in total. The summed E-state index contributed by atoms with van der Waals surface area (Å²) < 4.78 is 41.9. The molecule has 1 aromatic carbocycles. The molecule has 0 saturated carbocycles. The van der Waals surface area contributed by atoms with Crippen molar-refractivity contribution in [3.63, 3.8) is 0 Å². The Hall–Kier alpha value is -4.02. The Balaban J connectivity index is 1.76. The molecule has 0 amide bonds. The predicted molar refractivity (Wildman–Crippen MR) is 111 cm³/mol. The van der Waals surface area contributed by atoms with Gasteiger partial charge in [-0.15, -0.1) is 0 Å². The van der Waals surface area contributed by atoms with Crippen LogP contribution in [0.2, 0.25) is 0 Å². The van der Waals surface area contributed by atoms with Crippen LogP contribution in [-0.4, -0.2) is 14.8 Å². The maximum atomic E-state index is 14.6. The summed E-state index contributed by atoms with van der Waals surface area (Å²) in [6, 6.07) is 5.98. The molecule has 1 aliphatic heterocycles. The van der Waals surface area contributed by atoms with E-state index in [1.54, 1.807) is 19.1 Å². The molecule has 166 valence electrons. The lowest BCUT2D eigenvalue weighted by atomic mass is 10.0. The molecule has 3 heterocycles. The molecule has 8 nitrogen and oxygen atoms in total. The van der Waals surface area contributed by atoms with Gasteiger partial charge < -0.3 is 15.8 Å². The number of alkyl halides is 2. The van der Waals surface area contributed by atoms with Crippen molar-refractivity contribution in [3.05, 3.63) is 75.0 Å². The minimum atomic E-state index is -2.95. The Labute approximate surface area is 180 Å². The summed E-state index contributed by atoms with van der Waals surface area (Å²) in [4.78, 5) is 16.2. The Bertz CT molecular complexity index is 1270. The predicted octanol–water partition coefficient (Wildman–Crippen LogP) is 2.93. The minimum absolute atomic E-state index is 0.0310. The number of nitrogens with zero attached hydrogens (tertiary/aromatic N) is 3. The summed E-state index contributed by atoms with van der Waals surface area (Å²) in [5, 5.41) is 18.8. The summed E-state index contributed by atoms with van der Waals surface area (Å²) in [5.74, 6) is -1.21. The molecule has 11 heteroatoms. The summed E-state index contributed by atoms with van der Waals surface area (Å²) in [6.07, 6.45) is 0.0196. The first-order chi connectivity index (χ1) is 15.3. The number of hydrogen-bond acceptors (Lipinski definition) is 7. The Morgan fingerprint density at radius 3 is 2.66 bits per heavy atom. The number of pyridine rings is 1. The van der Waals surface area contributed by atoms with Crippen LogP contribution in [0.3, 0.4) is 0 Å². The lowest BCUT2D eigenvalue weighted by Crippen LogP contribution is -2.33. The van der Waals surface area contributed by atoms with Gasteiger partial charge in [0.1, 0.15) is 11.5 Å². The molecule has 3 aromatic rings. The highest BCUT2D eigenvalue weighted by molar-refractivity contribution is 5.91. The van der Waals surface area contributed by atoms with Crippen molar-refractivity contribution in [2.75, 3.05) is 10.7 Å². The summed E-state index contributed by atoms with van der Waals surface area (Å²) in [5.41, 5.74) is 6.13. The quantitative estimate of drug-likeness (QED) is 0.557. The van der Waals surface area contributed by atoms with Crippen molar-refractivity contribution in [2.45, 2.75) is 19.4 Å². The molecule has 0 radical (unpaired) electrons. The Morgan fingerprint density at radius 2 is 1.94 bits per heavy atom. The number of rotatable bonds is 5. The molecular formula is C21H18F3N6O2-. The second-order valence-corrected chi connectivity index (χ2v) is 7.17. The highest BCUT2D eigenvalue weighted by Crippen LogP contribution is 2.32. The third kappa shape index (κ3) is 3.84. The summed E-state index contributed by atoms with van der Waals surface area (Å²) >= 11 is 0. The van der Waals surface area contributed by atoms with Gasteiger partial charge in [0, 0.05) is 24.4 Å². The SMILES string of the molecule is C[C@@H](Nc1nn(C)c(=O)c2c1C=C(c1ccnc([O-])c1)NN2)c1cccc(C(F)F)c1F. The van der Waals surface area contributed by atoms with Crippen molar-refractivity contribution in [1.29, 1.82) is 0 Å². The highest BCUT2D eigenvalue weighted by Gasteiger charge is 2.24. The van der Waals surface area contributed by atoms with E-state index >= 15 is 0 Å². The number of fused-ring (bicyclic) bond motifs is 1. The number of halogens is 3. The van der Waals surface area contributed by atoms with Crippen LogP contribution in [0.25, 0.3) is 11.8 Å². The van der Waals surface area contributed by atoms with E-state index < -0.39 is 35.3 Å². The van der Waals surface area contributed by atoms with Crippen LogP contribution < -0.4 is 26.8 Å². The molecule has 0 saturated heterocycles. The molecule has 2 aromatic heterocycles. The average Bonchev–Trinajstić information content (AvgIpc) is 2.76. The fraction of sp³-hybridized carbons (Fsp3) is 0.190. The number of anilines is 2. The number of nitrogens with one attached hydrogen (secondary N) is 3. The van der Waals surface area contributed by atoms with Crippen molar-refractivity contribution in [2.24, 2.45) is 7.05 Å². The highest BCUT2D eigenvalue weighted by atomic mass is 19.3.